The molecule has 0 aromatic heterocycles. The number of carbonyl (C=O) groups excluding carboxylic acids is 1. The quantitative estimate of drug-likeness (QED) is 0.727. The lowest BCUT2D eigenvalue weighted by Gasteiger charge is -2.29. The Labute approximate surface area is 129 Å². The number of nitrogens with zero attached hydrogens (tertiary/aromatic N) is 2. The predicted molar refractivity (Wildman–Crippen MR) is 87.4 cm³/mol. The summed E-state index contributed by atoms with van der Waals surface area (Å²) in [6, 6.07) is 0.508. The number of carbonyl (C=O) groups is 1. The first-order valence-electron chi connectivity index (χ1n) is 7.09. The molecule has 1 atom stereocenters. The Kier molecular flexibility index (Phi) is 10.4. The number of likely N-dealkylation sites (N-methyl/N-ethyl adjacent to an activating group) is 1. The van der Waals surface area contributed by atoms with Gasteiger partial charge in [0.2, 0.25) is 5.91 Å². The van der Waals surface area contributed by atoms with Gasteiger partial charge in [0.15, 0.2) is 0 Å². The van der Waals surface area contributed by atoms with Crippen molar-refractivity contribution in [2.75, 3.05) is 39.8 Å². The summed E-state index contributed by atoms with van der Waals surface area (Å²) >= 11 is 0. The second kappa shape index (κ2) is 10.9. The first-order valence-corrected chi connectivity index (χ1v) is 7.09. The SMILES string of the molecule is C=CCN(CC=C)C(=O)CN(C)C1CCCNCC1.Cl. The smallest absolute Gasteiger partial charge is 0.237 e. The molecule has 20 heavy (non-hydrogen) atoms. The molecule has 0 bridgehead atoms. The van der Waals surface area contributed by atoms with Gasteiger partial charge in [-0.1, -0.05) is 12.2 Å². The van der Waals surface area contributed by atoms with Crippen LogP contribution in [0.1, 0.15) is 19.3 Å². The van der Waals surface area contributed by atoms with Gasteiger partial charge >= 0.3 is 0 Å². The van der Waals surface area contributed by atoms with Crippen molar-refractivity contribution >= 4 is 18.3 Å². The third-order valence-electron chi connectivity index (χ3n) is 3.60. The third kappa shape index (κ3) is 6.55. The van der Waals surface area contributed by atoms with Crippen molar-refractivity contribution < 1.29 is 4.79 Å². The Morgan fingerprint density at radius 2 is 1.90 bits per heavy atom. The maximum absolute atomic E-state index is 12.2. The minimum absolute atomic E-state index is 0. The van der Waals surface area contributed by atoms with E-state index in [0.717, 1.165) is 19.5 Å². The maximum Gasteiger partial charge on any atom is 0.237 e. The number of hydrogen-bond acceptors (Lipinski definition) is 3. The van der Waals surface area contributed by atoms with E-state index in [1.807, 2.05) is 7.05 Å². The molecule has 4 nitrogen and oxygen atoms in total. The van der Waals surface area contributed by atoms with Crippen LogP contribution in [0.15, 0.2) is 25.3 Å². The fraction of sp³-hybridized carbons (Fsp3) is 0.667. The van der Waals surface area contributed by atoms with Gasteiger partial charge < -0.3 is 10.2 Å². The highest BCUT2D eigenvalue weighted by Gasteiger charge is 2.20. The fourth-order valence-electron chi connectivity index (χ4n) is 2.47. The summed E-state index contributed by atoms with van der Waals surface area (Å²) in [5.74, 6) is 0.152. The van der Waals surface area contributed by atoms with Crippen LogP contribution in [0, 0.1) is 0 Å². The molecule has 5 heteroatoms. The van der Waals surface area contributed by atoms with Gasteiger partial charge in [0.05, 0.1) is 6.54 Å². The predicted octanol–water partition coefficient (Wildman–Crippen LogP) is 1.68. The molecular formula is C15H28ClN3O. The molecule has 1 heterocycles. The van der Waals surface area contributed by atoms with Gasteiger partial charge in [0.1, 0.15) is 0 Å². The summed E-state index contributed by atoms with van der Waals surface area (Å²) in [5, 5.41) is 3.40. The molecule has 1 rings (SSSR count). The number of nitrogens with one attached hydrogen (secondary N) is 1. The summed E-state index contributed by atoms with van der Waals surface area (Å²) in [7, 11) is 2.05. The lowest BCUT2D eigenvalue weighted by molar-refractivity contribution is -0.131. The molecule has 0 aromatic rings. The second-order valence-corrected chi connectivity index (χ2v) is 5.13. The van der Waals surface area contributed by atoms with Crippen LogP contribution in [0.4, 0.5) is 0 Å². The van der Waals surface area contributed by atoms with Crippen LogP contribution in [0.5, 0.6) is 0 Å². The largest absolute Gasteiger partial charge is 0.334 e. The minimum Gasteiger partial charge on any atom is -0.334 e. The molecule has 0 radical (unpaired) electrons. The Balaban J connectivity index is 0.00000361. The highest BCUT2D eigenvalue weighted by atomic mass is 35.5. The van der Waals surface area contributed by atoms with Gasteiger partial charge in [-0.2, -0.15) is 0 Å². The van der Waals surface area contributed by atoms with Crippen LogP contribution in [0.25, 0.3) is 0 Å². The van der Waals surface area contributed by atoms with Crippen LogP contribution < -0.4 is 5.32 Å². The number of rotatable bonds is 7. The maximum atomic E-state index is 12.2. The molecular weight excluding hydrogens is 274 g/mol. The van der Waals surface area contributed by atoms with Gasteiger partial charge in [0, 0.05) is 19.1 Å². The van der Waals surface area contributed by atoms with E-state index in [0.29, 0.717) is 25.7 Å². The van der Waals surface area contributed by atoms with Crippen LogP contribution in [0.2, 0.25) is 0 Å². The van der Waals surface area contributed by atoms with Gasteiger partial charge in [-0.05, 0) is 39.4 Å². The molecule has 1 fully saturated rings. The van der Waals surface area contributed by atoms with Crippen LogP contribution in [0.3, 0.4) is 0 Å². The topological polar surface area (TPSA) is 35.6 Å². The molecule has 1 N–H and O–H groups in total. The summed E-state index contributed by atoms with van der Waals surface area (Å²) < 4.78 is 0. The van der Waals surface area contributed by atoms with Crippen molar-refractivity contribution in [2.45, 2.75) is 25.3 Å². The molecule has 1 aliphatic heterocycles. The number of amides is 1. The zero-order valence-electron chi connectivity index (χ0n) is 12.5. The summed E-state index contributed by atoms with van der Waals surface area (Å²) in [6.45, 7) is 11.2. The van der Waals surface area contributed by atoms with E-state index in [1.54, 1.807) is 17.1 Å². The van der Waals surface area contributed by atoms with E-state index in [4.69, 9.17) is 0 Å². The van der Waals surface area contributed by atoms with Crippen LogP contribution >= 0.6 is 12.4 Å². The van der Waals surface area contributed by atoms with E-state index in [1.165, 1.54) is 12.8 Å². The Bertz CT molecular complexity index is 291. The van der Waals surface area contributed by atoms with Crippen LogP contribution in [-0.2, 0) is 4.79 Å². The monoisotopic (exact) mass is 301 g/mol. The van der Waals surface area contributed by atoms with Crippen molar-refractivity contribution in [1.29, 1.82) is 0 Å². The van der Waals surface area contributed by atoms with Gasteiger partial charge in [-0.15, -0.1) is 25.6 Å². The van der Waals surface area contributed by atoms with Crippen molar-refractivity contribution in [3.8, 4) is 0 Å². The van der Waals surface area contributed by atoms with E-state index in [2.05, 4.69) is 23.4 Å². The molecule has 1 saturated heterocycles. The van der Waals surface area contributed by atoms with Crippen molar-refractivity contribution in [3.05, 3.63) is 25.3 Å². The molecule has 0 aromatic carbocycles. The van der Waals surface area contributed by atoms with Crippen molar-refractivity contribution in [2.24, 2.45) is 0 Å². The average molecular weight is 302 g/mol. The zero-order chi connectivity index (χ0) is 14.1. The van der Waals surface area contributed by atoms with Crippen LogP contribution in [-0.4, -0.2) is 61.5 Å². The van der Waals surface area contributed by atoms with Gasteiger partial charge in [-0.3, -0.25) is 9.69 Å². The lowest BCUT2D eigenvalue weighted by Crippen LogP contribution is -2.43. The van der Waals surface area contributed by atoms with E-state index >= 15 is 0 Å². The fourth-order valence-corrected chi connectivity index (χ4v) is 2.47. The van der Waals surface area contributed by atoms with Crippen molar-refractivity contribution in [1.82, 2.24) is 15.1 Å². The third-order valence-corrected chi connectivity index (χ3v) is 3.60. The Morgan fingerprint density at radius 3 is 2.50 bits per heavy atom. The summed E-state index contributed by atoms with van der Waals surface area (Å²) in [5.41, 5.74) is 0. The molecule has 0 aliphatic carbocycles. The number of hydrogen-bond donors (Lipinski definition) is 1. The first-order chi connectivity index (χ1) is 9.19. The van der Waals surface area contributed by atoms with E-state index < -0.39 is 0 Å². The van der Waals surface area contributed by atoms with E-state index in [-0.39, 0.29) is 18.3 Å². The van der Waals surface area contributed by atoms with Crippen molar-refractivity contribution in [3.63, 3.8) is 0 Å². The standard InChI is InChI=1S/C15H27N3O.ClH/c1-4-11-18(12-5-2)15(19)13-17(3)14-7-6-9-16-10-8-14;/h4-5,14,16H,1-2,6-13H2,3H3;1H. The summed E-state index contributed by atoms with van der Waals surface area (Å²) in [4.78, 5) is 16.2. The minimum atomic E-state index is 0. The molecule has 116 valence electrons. The first kappa shape index (κ1) is 19.2. The zero-order valence-corrected chi connectivity index (χ0v) is 13.3. The van der Waals surface area contributed by atoms with E-state index in [9.17, 15) is 4.79 Å². The molecule has 1 amide bonds. The average Bonchev–Trinajstić information content (AvgIpc) is 2.67. The normalized spacial score (nSPS) is 18.8. The Hall–Kier alpha value is -0.840. The highest BCUT2D eigenvalue weighted by Crippen LogP contribution is 2.11. The molecule has 1 aliphatic rings. The molecule has 1 unspecified atom stereocenters. The number of halogens is 1. The second-order valence-electron chi connectivity index (χ2n) is 5.13. The van der Waals surface area contributed by atoms with Gasteiger partial charge in [0.25, 0.3) is 0 Å². The lowest BCUT2D eigenvalue weighted by atomic mass is 10.1. The summed E-state index contributed by atoms with van der Waals surface area (Å²) in [6.07, 6.45) is 6.99. The molecule has 0 spiro atoms. The molecule has 0 saturated carbocycles. The van der Waals surface area contributed by atoms with Gasteiger partial charge in [-0.25, -0.2) is 0 Å². The Morgan fingerprint density at radius 1 is 1.25 bits per heavy atom. The highest BCUT2D eigenvalue weighted by molar-refractivity contribution is 5.85.